The van der Waals surface area contributed by atoms with Crippen LogP contribution >= 0.6 is 0 Å². The highest BCUT2D eigenvalue weighted by molar-refractivity contribution is 5.48. The maximum atomic E-state index is 10.2. The van der Waals surface area contributed by atoms with E-state index in [0.717, 1.165) is 48.3 Å². The minimum absolute atomic E-state index is 0.411. The summed E-state index contributed by atoms with van der Waals surface area (Å²) in [7, 11) is 3.29. The minimum Gasteiger partial charge on any atom is -0.497 e. The molecule has 0 radical (unpaired) electrons. The lowest BCUT2D eigenvalue weighted by Gasteiger charge is -2.22. The van der Waals surface area contributed by atoms with E-state index in [2.05, 4.69) is 0 Å². The first-order valence-corrected chi connectivity index (χ1v) is 6.19. The Morgan fingerprint density at radius 2 is 1.94 bits per heavy atom. The molecule has 3 heteroatoms. The Labute approximate surface area is 102 Å². The number of hydrogen-bond acceptors (Lipinski definition) is 3. The fraction of sp³-hybridized carbons (Fsp3) is 0.571. The molecule has 1 N–H and O–H groups in total. The van der Waals surface area contributed by atoms with Gasteiger partial charge < -0.3 is 14.6 Å². The quantitative estimate of drug-likeness (QED) is 0.858. The average molecular weight is 236 g/mol. The van der Waals surface area contributed by atoms with Gasteiger partial charge >= 0.3 is 0 Å². The first-order valence-electron chi connectivity index (χ1n) is 6.19. The normalized spacial score (nSPS) is 20.1. The Morgan fingerprint density at radius 3 is 2.65 bits per heavy atom. The van der Waals surface area contributed by atoms with Crippen molar-refractivity contribution in [3.05, 3.63) is 23.3 Å². The highest BCUT2D eigenvalue weighted by Crippen LogP contribution is 2.37. The van der Waals surface area contributed by atoms with Crippen LogP contribution in [0, 0.1) is 0 Å². The molecular weight excluding hydrogens is 216 g/mol. The molecule has 1 unspecified atom stereocenters. The van der Waals surface area contributed by atoms with Crippen LogP contribution in [-0.4, -0.2) is 19.3 Å². The molecule has 1 aromatic rings. The van der Waals surface area contributed by atoms with E-state index in [4.69, 9.17) is 9.47 Å². The van der Waals surface area contributed by atoms with Gasteiger partial charge in [-0.05, 0) is 30.9 Å². The molecule has 1 atom stereocenters. The summed E-state index contributed by atoms with van der Waals surface area (Å²) in [5.74, 6) is 1.54. The fourth-order valence-electron chi connectivity index (χ4n) is 2.50. The number of fused-ring (bicyclic) bond motifs is 1. The van der Waals surface area contributed by atoms with E-state index >= 15 is 0 Å². The molecule has 2 rings (SSSR count). The van der Waals surface area contributed by atoms with Gasteiger partial charge in [-0.2, -0.15) is 0 Å². The van der Waals surface area contributed by atoms with Crippen LogP contribution in [-0.2, 0) is 6.42 Å². The van der Waals surface area contributed by atoms with Gasteiger partial charge in [-0.1, -0.05) is 12.8 Å². The van der Waals surface area contributed by atoms with Crippen molar-refractivity contribution in [2.24, 2.45) is 0 Å². The fourth-order valence-corrected chi connectivity index (χ4v) is 2.50. The largest absolute Gasteiger partial charge is 0.497 e. The van der Waals surface area contributed by atoms with Crippen molar-refractivity contribution >= 4 is 0 Å². The zero-order chi connectivity index (χ0) is 12.3. The number of methoxy groups -OCH3 is 2. The Bertz CT molecular complexity index is 387. The summed E-state index contributed by atoms with van der Waals surface area (Å²) in [6.07, 6.45) is 4.81. The summed E-state index contributed by atoms with van der Waals surface area (Å²) in [4.78, 5) is 0. The number of ether oxygens (including phenoxy) is 2. The molecule has 17 heavy (non-hydrogen) atoms. The third kappa shape index (κ3) is 2.55. The number of hydrogen-bond donors (Lipinski definition) is 1. The van der Waals surface area contributed by atoms with E-state index in [9.17, 15) is 5.11 Å². The van der Waals surface area contributed by atoms with Crippen molar-refractivity contribution in [3.8, 4) is 11.5 Å². The van der Waals surface area contributed by atoms with Crippen molar-refractivity contribution in [2.75, 3.05) is 14.2 Å². The SMILES string of the molecule is COc1cc2c(c(OC)c1)C(O)CCCCC2. The first-order chi connectivity index (χ1) is 8.26. The van der Waals surface area contributed by atoms with Crippen molar-refractivity contribution in [2.45, 2.75) is 38.2 Å². The summed E-state index contributed by atoms with van der Waals surface area (Å²) < 4.78 is 10.7. The van der Waals surface area contributed by atoms with Crippen LogP contribution in [0.4, 0.5) is 0 Å². The zero-order valence-electron chi connectivity index (χ0n) is 10.5. The first kappa shape index (κ1) is 12.2. The van der Waals surface area contributed by atoms with Crippen molar-refractivity contribution in [1.82, 2.24) is 0 Å². The van der Waals surface area contributed by atoms with Crippen molar-refractivity contribution in [1.29, 1.82) is 0 Å². The van der Waals surface area contributed by atoms with Crippen LogP contribution < -0.4 is 9.47 Å². The number of aliphatic hydroxyl groups excluding tert-OH is 1. The number of rotatable bonds is 2. The monoisotopic (exact) mass is 236 g/mol. The topological polar surface area (TPSA) is 38.7 Å². The van der Waals surface area contributed by atoms with Crippen LogP contribution in [0.1, 0.15) is 42.9 Å². The maximum Gasteiger partial charge on any atom is 0.128 e. The van der Waals surface area contributed by atoms with Gasteiger partial charge in [0.1, 0.15) is 11.5 Å². The van der Waals surface area contributed by atoms with Gasteiger partial charge in [0, 0.05) is 11.6 Å². The predicted octanol–water partition coefficient (Wildman–Crippen LogP) is 2.85. The third-order valence-electron chi connectivity index (χ3n) is 3.41. The second kappa shape index (κ2) is 5.41. The molecule has 3 nitrogen and oxygen atoms in total. The van der Waals surface area contributed by atoms with E-state index in [1.54, 1.807) is 14.2 Å². The Hall–Kier alpha value is -1.22. The van der Waals surface area contributed by atoms with Gasteiger partial charge in [-0.3, -0.25) is 0 Å². The molecule has 0 amide bonds. The van der Waals surface area contributed by atoms with Crippen molar-refractivity contribution in [3.63, 3.8) is 0 Å². The van der Waals surface area contributed by atoms with Crippen LogP contribution in [0.2, 0.25) is 0 Å². The van der Waals surface area contributed by atoms with Gasteiger partial charge in [-0.25, -0.2) is 0 Å². The Balaban J connectivity index is 2.48. The number of aryl methyl sites for hydroxylation is 1. The zero-order valence-corrected chi connectivity index (χ0v) is 10.5. The van der Waals surface area contributed by atoms with E-state index in [0.29, 0.717) is 0 Å². The standard InChI is InChI=1S/C14H20O3/c1-16-11-8-10-6-4-3-5-7-12(15)14(10)13(9-11)17-2/h8-9,12,15H,3-7H2,1-2H3. The lowest BCUT2D eigenvalue weighted by atomic mass is 9.90. The van der Waals surface area contributed by atoms with Gasteiger partial charge in [0.15, 0.2) is 0 Å². The molecule has 0 saturated carbocycles. The number of aliphatic hydroxyl groups is 1. The lowest BCUT2D eigenvalue weighted by Crippen LogP contribution is -2.08. The molecule has 0 saturated heterocycles. The van der Waals surface area contributed by atoms with Crippen LogP contribution in [0.25, 0.3) is 0 Å². The summed E-state index contributed by atoms with van der Waals surface area (Å²) in [5.41, 5.74) is 2.11. The Kier molecular flexibility index (Phi) is 3.89. The van der Waals surface area contributed by atoms with Gasteiger partial charge in [0.2, 0.25) is 0 Å². The molecule has 0 fully saturated rings. The predicted molar refractivity (Wildman–Crippen MR) is 66.7 cm³/mol. The van der Waals surface area contributed by atoms with E-state index < -0.39 is 6.10 Å². The van der Waals surface area contributed by atoms with Gasteiger partial charge in [0.05, 0.1) is 20.3 Å². The molecule has 1 aromatic carbocycles. The second-order valence-electron chi connectivity index (χ2n) is 4.52. The van der Waals surface area contributed by atoms with E-state index in [1.807, 2.05) is 12.1 Å². The Morgan fingerprint density at radius 1 is 1.12 bits per heavy atom. The van der Waals surface area contributed by atoms with Gasteiger partial charge in [0.25, 0.3) is 0 Å². The van der Waals surface area contributed by atoms with Crippen LogP contribution in [0.3, 0.4) is 0 Å². The smallest absolute Gasteiger partial charge is 0.128 e. The third-order valence-corrected chi connectivity index (χ3v) is 3.41. The molecule has 1 aliphatic rings. The van der Waals surface area contributed by atoms with Gasteiger partial charge in [-0.15, -0.1) is 0 Å². The molecular formula is C14H20O3. The lowest BCUT2D eigenvalue weighted by molar-refractivity contribution is 0.156. The summed E-state index contributed by atoms with van der Waals surface area (Å²) in [6, 6.07) is 3.87. The summed E-state index contributed by atoms with van der Waals surface area (Å²) in [5, 5.41) is 10.2. The molecule has 0 aliphatic heterocycles. The molecule has 0 bridgehead atoms. The highest BCUT2D eigenvalue weighted by atomic mass is 16.5. The number of benzene rings is 1. The van der Waals surface area contributed by atoms with Crippen LogP contribution in [0.5, 0.6) is 11.5 Å². The summed E-state index contributed by atoms with van der Waals surface area (Å²) >= 11 is 0. The maximum absolute atomic E-state index is 10.2. The highest BCUT2D eigenvalue weighted by Gasteiger charge is 2.20. The molecule has 94 valence electrons. The second-order valence-corrected chi connectivity index (χ2v) is 4.52. The molecule has 0 spiro atoms. The van der Waals surface area contributed by atoms with Crippen molar-refractivity contribution < 1.29 is 14.6 Å². The van der Waals surface area contributed by atoms with Crippen LogP contribution in [0.15, 0.2) is 12.1 Å². The summed E-state index contributed by atoms with van der Waals surface area (Å²) in [6.45, 7) is 0. The minimum atomic E-state index is -0.411. The molecule has 0 heterocycles. The molecule has 1 aliphatic carbocycles. The molecule has 0 aromatic heterocycles. The van der Waals surface area contributed by atoms with E-state index in [-0.39, 0.29) is 0 Å². The average Bonchev–Trinajstić information content (AvgIpc) is 2.34. The van der Waals surface area contributed by atoms with E-state index in [1.165, 1.54) is 6.42 Å².